The minimum atomic E-state index is -0.696. The van der Waals surface area contributed by atoms with Gasteiger partial charge < -0.3 is 14.9 Å². The maximum Gasteiger partial charge on any atom is 0.305 e. The third-order valence-electron chi connectivity index (χ3n) is 5.65. The van der Waals surface area contributed by atoms with E-state index in [9.17, 15) is 19.8 Å². The first-order chi connectivity index (χ1) is 14.0. The van der Waals surface area contributed by atoms with E-state index in [4.69, 9.17) is 0 Å². The summed E-state index contributed by atoms with van der Waals surface area (Å²) in [6.45, 7) is 0. The van der Waals surface area contributed by atoms with Crippen molar-refractivity contribution in [1.82, 2.24) is 0 Å². The molecule has 0 spiro atoms. The number of allylic oxidation sites excluding steroid dienone is 1. The summed E-state index contributed by atoms with van der Waals surface area (Å²) in [5.74, 6) is -0.143. The third-order valence-corrected chi connectivity index (χ3v) is 5.65. The summed E-state index contributed by atoms with van der Waals surface area (Å²) in [5, 5.41) is 20.6. The Hall–Kier alpha value is -1.98. The van der Waals surface area contributed by atoms with Gasteiger partial charge in [0.1, 0.15) is 0 Å². The predicted molar refractivity (Wildman–Crippen MR) is 112 cm³/mol. The molecule has 0 amide bonds. The van der Waals surface area contributed by atoms with Crippen molar-refractivity contribution >= 4 is 11.8 Å². The van der Waals surface area contributed by atoms with E-state index in [1.165, 1.54) is 12.7 Å². The van der Waals surface area contributed by atoms with Gasteiger partial charge in [-0.3, -0.25) is 9.59 Å². The zero-order chi connectivity index (χ0) is 21.1. The maximum atomic E-state index is 12.3. The quantitative estimate of drug-likeness (QED) is 0.386. The average Bonchev–Trinajstić information content (AvgIpc) is 3.00. The van der Waals surface area contributed by atoms with Crippen LogP contribution in [0.15, 0.2) is 41.5 Å². The van der Waals surface area contributed by atoms with E-state index >= 15 is 0 Å². The van der Waals surface area contributed by atoms with Crippen LogP contribution >= 0.6 is 0 Å². The highest BCUT2D eigenvalue weighted by Gasteiger charge is 2.30. The molecule has 0 aliphatic heterocycles. The molecule has 0 bridgehead atoms. The van der Waals surface area contributed by atoms with Crippen molar-refractivity contribution in [2.45, 2.75) is 82.8 Å². The standard InChI is InChI=1S/C24H34O5/c1-29-24(28)12-8-3-2-7-11-20-21(23(27)17-22(20)26)16-15-19(25)14-13-18-9-5-4-6-10-18/h4-6,9-10,19,23,25,27H,2-3,7-8,11-17H2,1H3. The van der Waals surface area contributed by atoms with Gasteiger partial charge in [-0.2, -0.15) is 0 Å². The fraction of sp³-hybridized carbons (Fsp3) is 0.583. The molecule has 2 rings (SSSR count). The molecule has 2 unspecified atom stereocenters. The van der Waals surface area contributed by atoms with Gasteiger partial charge in [-0.1, -0.05) is 43.2 Å². The Morgan fingerprint density at radius 2 is 1.76 bits per heavy atom. The largest absolute Gasteiger partial charge is 0.469 e. The van der Waals surface area contributed by atoms with Crippen LogP contribution in [0, 0.1) is 0 Å². The van der Waals surface area contributed by atoms with E-state index < -0.39 is 12.2 Å². The van der Waals surface area contributed by atoms with Crippen molar-refractivity contribution in [3.8, 4) is 0 Å². The minimum Gasteiger partial charge on any atom is -0.469 e. The first-order valence-electron chi connectivity index (χ1n) is 10.7. The zero-order valence-electron chi connectivity index (χ0n) is 17.4. The van der Waals surface area contributed by atoms with Crippen LogP contribution in [0.25, 0.3) is 0 Å². The molecule has 0 aromatic heterocycles. The molecule has 0 heterocycles. The van der Waals surface area contributed by atoms with Crippen molar-refractivity contribution in [3.63, 3.8) is 0 Å². The molecule has 0 saturated carbocycles. The number of unbranched alkanes of at least 4 members (excludes halogenated alkanes) is 3. The molecule has 0 fully saturated rings. The van der Waals surface area contributed by atoms with E-state index in [1.54, 1.807) is 0 Å². The highest BCUT2D eigenvalue weighted by atomic mass is 16.5. The van der Waals surface area contributed by atoms with E-state index in [1.807, 2.05) is 18.2 Å². The number of aliphatic hydroxyl groups is 2. The van der Waals surface area contributed by atoms with Gasteiger partial charge in [0.15, 0.2) is 5.78 Å². The molecule has 160 valence electrons. The molecule has 5 nitrogen and oxygen atoms in total. The molecule has 0 radical (unpaired) electrons. The van der Waals surface area contributed by atoms with Crippen LogP contribution in [0.1, 0.15) is 69.8 Å². The molecule has 1 aromatic rings. The van der Waals surface area contributed by atoms with Crippen LogP contribution in [0.3, 0.4) is 0 Å². The van der Waals surface area contributed by atoms with Gasteiger partial charge in [0.05, 0.1) is 19.3 Å². The molecule has 5 heteroatoms. The van der Waals surface area contributed by atoms with E-state index in [-0.39, 0.29) is 18.2 Å². The van der Waals surface area contributed by atoms with Crippen LogP contribution in [0.2, 0.25) is 0 Å². The molecule has 1 aliphatic carbocycles. The number of hydrogen-bond donors (Lipinski definition) is 2. The summed E-state index contributed by atoms with van der Waals surface area (Å²) >= 11 is 0. The summed E-state index contributed by atoms with van der Waals surface area (Å²) in [6.07, 6.45) is 6.30. The van der Waals surface area contributed by atoms with E-state index in [0.29, 0.717) is 32.1 Å². The van der Waals surface area contributed by atoms with Crippen LogP contribution in [0.5, 0.6) is 0 Å². The number of methoxy groups -OCH3 is 1. The van der Waals surface area contributed by atoms with Crippen molar-refractivity contribution in [3.05, 3.63) is 47.0 Å². The Balaban J connectivity index is 1.75. The number of ketones is 1. The van der Waals surface area contributed by atoms with Crippen LogP contribution in [0.4, 0.5) is 0 Å². The molecule has 1 aromatic carbocycles. The summed E-state index contributed by atoms with van der Waals surface area (Å²) in [5.41, 5.74) is 2.79. The summed E-state index contributed by atoms with van der Waals surface area (Å²) in [7, 11) is 1.39. The second kappa shape index (κ2) is 12.6. The summed E-state index contributed by atoms with van der Waals surface area (Å²) < 4.78 is 4.63. The molecule has 1 aliphatic rings. The smallest absolute Gasteiger partial charge is 0.305 e. The Kier molecular flexibility index (Phi) is 10.1. The lowest BCUT2D eigenvalue weighted by molar-refractivity contribution is -0.140. The Morgan fingerprint density at radius 1 is 1.07 bits per heavy atom. The minimum absolute atomic E-state index is 0.0424. The van der Waals surface area contributed by atoms with Crippen molar-refractivity contribution in [2.75, 3.05) is 7.11 Å². The lowest BCUT2D eigenvalue weighted by atomic mass is 9.96. The number of aliphatic hydroxyl groups excluding tert-OH is 2. The molecule has 29 heavy (non-hydrogen) atoms. The number of carbonyl (C=O) groups is 2. The summed E-state index contributed by atoms with van der Waals surface area (Å²) in [4.78, 5) is 23.4. The van der Waals surface area contributed by atoms with Crippen molar-refractivity contribution in [2.24, 2.45) is 0 Å². The number of Topliss-reactive ketones (excluding diaryl/α,β-unsaturated/α-hetero) is 1. The van der Waals surface area contributed by atoms with Gasteiger partial charge in [-0.25, -0.2) is 0 Å². The van der Waals surface area contributed by atoms with Gasteiger partial charge in [0.2, 0.25) is 0 Å². The Morgan fingerprint density at radius 3 is 2.48 bits per heavy atom. The fourth-order valence-electron chi connectivity index (χ4n) is 3.89. The second-order valence-electron chi connectivity index (χ2n) is 7.85. The molecule has 0 saturated heterocycles. The average molecular weight is 403 g/mol. The first kappa shape index (κ1) is 23.3. The number of benzene rings is 1. The monoisotopic (exact) mass is 402 g/mol. The Bertz CT molecular complexity index is 680. The molecule has 2 atom stereocenters. The van der Waals surface area contributed by atoms with Crippen LogP contribution in [-0.4, -0.2) is 41.3 Å². The number of rotatable bonds is 13. The third kappa shape index (κ3) is 8.11. The lowest BCUT2D eigenvalue weighted by Gasteiger charge is -2.14. The number of esters is 1. The van der Waals surface area contributed by atoms with Crippen molar-refractivity contribution < 1.29 is 24.5 Å². The fourth-order valence-corrected chi connectivity index (χ4v) is 3.89. The SMILES string of the molecule is COC(=O)CCCCCCC1=C(CCC(O)CCc2ccccc2)C(O)CC1=O. The number of hydrogen-bond acceptors (Lipinski definition) is 5. The topological polar surface area (TPSA) is 83.8 Å². The van der Waals surface area contributed by atoms with Crippen molar-refractivity contribution in [1.29, 1.82) is 0 Å². The van der Waals surface area contributed by atoms with Crippen LogP contribution in [-0.2, 0) is 20.7 Å². The highest BCUT2D eigenvalue weighted by molar-refractivity contribution is 5.99. The number of ether oxygens (including phenoxy) is 1. The van der Waals surface area contributed by atoms with E-state index in [0.717, 1.165) is 43.3 Å². The van der Waals surface area contributed by atoms with Gasteiger partial charge >= 0.3 is 5.97 Å². The van der Waals surface area contributed by atoms with Gasteiger partial charge in [-0.15, -0.1) is 0 Å². The lowest BCUT2D eigenvalue weighted by Crippen LogP contribution is -2.12. The highest BCUT2D eigenvalue weighted by Crippen LogP contribution is 2.31. The molecular weight excluding hydrogens is 368 g/mol. The number of aryl methyl sites for hydroxylation is 1. The molecular formula is C24H34O5. The van der Waals surface area contributed by atoms with Gasteiger partial charge in [0, 0.05) is 12.8 Å². The zero-order valence-corrected chi connectivity index (χ0v) is 17.4. The predicted octanol–water partition coefficient (Wildman–Crippen LogP) is 3.90. The summed E-state index contributed by atoms with van der Waals surface area (Å²) in [6, 6.07) is 10.1. The first-order valence-corrected chi connectivity index (χ1v) is 10.7. The van der Waals surface area contributed by atoms with Gasteiger partial charge in [0.25, 0.3) is 0 Å². The normalized spacial score (nSPS) is 17.6. The maximum absolute atomic E-state index is 12.3. The second-order valence-corrected chi connectivity index (χ2v) is 7.85. The Labute approximate surface area is 173 Å². The van der Waals surface area contributed by atoms with Gasteiger partial charge in [-0.05, 0) is 61.7 Å². The van der Waals surface area contributed by atoms with E-state index in [2.05, 4.69) is 16.9 Å². The molecule has 2 N–H and O–H groups in total. The number of carbonyl (C=O) groups excluding carboxylic acids is 2. The van der Waals surface area contributed by atoms with Crippen LogP contribution < -0.4 is 0 Å².